The fraction of sp³-hybridized carbons (Fsp3) is 0.391. The van der Waals surface area contributed by atoms with Crippen LogP contribution in [0.3, 0.4) is 0 Å². The monoisotopic (exact) mass is 547 g/mol. The smallest absolute Gasteiger partial charge is 0.475 e. The Hall–Kier alpha value is -2.96. The van der Waals surface area contributed by atoms with E-state index < -0.39 is 18.1 Å². The molecule has 13 heteroatoms. The van der Waals surface area contributed by atoms with E-state index in [0.717, 1.165) is 40.4 Å². The van der Waals surface area contributed by atoms with Crippen LogP contribution in [0.15, 0.2) is 24.3 Å². The molecule has 0 atom stereocenters. The highest BCUT2D eigenvalue weighted by atomic mass is 35.5. The number of hydrogen-bond acceptors (Lipinski definition) is 6. The van der Waals surface area contributed by atoms with Gasteiger partial charge in [0.2, 0.25) is 11.8 Å². The number of aliphatic carboxylic acids is 1. The maximum absolute atomic E-state index is 12.6. The molecular formula is C23H25ClF3N3O5S. The van der Waals surface area contributed by atoms with Gasteiger partial charge < -0.3 is 16.2 Å². The molecule has 36 heavy (non-hydrogen) atoms. The van der Waals surface area contributed by atoms with Crippen molar-refractivity contribution in [2.45, 2.75) is 38.9 Å². The number of carbonyl (C=O) groups is 4. The van der Waals surface area contributed by atoms with E-state index in [1.54, 1.807) is 12.1 Å². The SMILES string of the molecule is CC(=O)NCCN1CCc2c(sc(CC(=O)Cc3ccc(Cl)cc3)c2C(N)=O)C1.O=C(O)C(F)(F)F. The van der Waals surface area contributed by atoms with Crippen LogP contribution in [0.2, 0.25) is 5.02 Å². The summed E-state index contributed by atoms with van der Waals surface area (Å²) in [5.41, 5.74) is 8.05. The number of halogens is 4. The summed E-state index contributed by atoms with van der Waals surface area (Å²) in [7, 11) is 0. The number of hydrogen-bond donors (Lipinski definition) is 3. The van der Waals surface area contributed by atoms with Crippen LogP contribution >= 0.6 is 22.9 Å². The third-order valence-electron chi connectivity index (χ3n) is 5.17. The average Bonchev–Trinajstić information content (AvgIpc) is 3.12. The first kappa shape index (κ1) is 29.3. The lowest BCUT2D eigenvalue weighted by molar-refractivity contribution is -0.192. The third kappa shape index (κ3) is 8.92. The number of carboxylic acid groups (broad SMARTS) is 1. The number of nitrogens with one attached hydrogen (secondary N) is 1. The number of alkyl halides is 3. The van der Waals surface area contributed by atoms with E-state index >= 15 is 0 Å². The lowest BCUT2D eigenvalue weighted by Crippen LogP contribution is -2.37. The maximum atomic E-state index is 12.6. The van der Waals surface area contributed by atoms with Gasteiger partial charge in [0, 0.05) is 60.7 Å². The number of thiophene rings is 1. The summed E-state index contributed by atoms with van der Waals surface area (Å²) in [4.78, 5) is 48.7. The summed E-state index contributed by atoms with van der Waals surface area (Å²) in [5, 5.41) is 10.6. The molecule has 8 nitrogen and oxygen atoms in total. The molecule has 3 rings (SSSR count). The summed E-state index contributed by atoms with van der Waals surface area (Å²) in [6.07, 6.45) is -3.87. The van der Waals surface area contributed by atoms with Crippen LogP contribution < -0.4 is 11.1 Å². The Kier molecular flexibility index (Phi) is 10.4. The second kappa shape index (κ2) is 12.8. The number of rotatable bonds is 8. The summed E-state index contributed by atoms with van der Waals surface area (Å²) >= 11 is 7.39. The van der Waals surface area contributed by atoms with Crippen LogP contribution in [0.4, 0.5) is 13.2 Å². The van der Waals surface area contributed by atoms with Crippen molar-refractivity contribution in [3.63, 3.8) is 0 Å². The van der Waals surface area contributed by atoms with Crippen molar-refractivity contribution in [1.82, 2.24) is 10.2 Å². The topological polar surface area (TPSA) is 130 Å². The van der Waals surface area contributed by atoms with E-state index in [2.05, 4.69) is 10.2 Å². The summed E-state index contributed by atoms with van der Waals surface area (Å²) in [5.74, 6) is -3.23. The van der Waals surface area contributed by atoms with Gasteiger partial charge in [-0.1, -0.05) is 23.7 Å². The van der Waals surface area contributed by atoms with Gasteiger partial charge in [-0.25, -0.2) is 4.79 Å². The zero-order valence-electron chi connectivity index (χ0n) is 19.3. The van der Waals surface area contributed by atoms with Crippen molar-refractivity contribution in [2.24, 2.45) is 5.73 Å². The molecule has 0 aliphatic carbocycles. The van der Waals surface area contributed by atoms with Gasteiger partial charge in [-0.2, -0.15) is 13.2 Å². The molecule has 0 saturated heterocycles. The van der Waals surface area contributed by atoms with Gasteiger partial charge in [0.05, 0.1) is 5.56 Å². The molecule has 0 saturated carbocycles. The van der Waals surface area contributed by atoms with Crippen molar-refractivity contribution in [3.05, 3.63) is 55.7 Å². The lowest BCUT2D eigenvalue weighted by atomic mass is 9.98. The minimum atomic E-state index is -5.08. The molecule has 1 aliphatic heterocycles. The number of nitrogens with zero attached hydrogens (tertiary/aromatic N) is 1. The minimum absolute atomic E-state index is 0.0379. The molecule has 0 unspecified atom stereocenters. The van der Waals surface area contributed by atoms with Crippen molar-refractivity contribution in [2.75, 3.05) is 19.6 Å². The number of nitrogens with two attached hydrogens (primary N) is 1. The Morgan fingerprint density at radius 1 is 1.17 bits per heavy atom. The summed E-state index contributed by atoms with van der Waals surface area (Å²) in [6, 6.07) is 7.19. The molecular weight excluding hydrogens is 523 g/mol. The lowest BCUT2D eigenvalue weighted by Gasteiger charge is -2.27. The Bertz CT molecular complexity index is 1120. The third-order valence-corrected chi connectivity index (χ3v) is 6.64. The van der Waals surface area contributed by atoms with Gasteiger partial charge in [-0.15, -0.1) is 11.3 Å². The van der Waals surface area contributed by atoms with Crippen LogP contribution in [0.1, 0.15) is 38.2 Å². The molecule has 1 aliphatic rings. The van der Waals surface area contributed by atoms with Gasteiger partial charge >= 0.3 is 12.1 Å². The summed E-state index contributed by atoms with van der Waals surface area (Å²) < 4.78 is 31.7. The van der Waals surface area contributed by atoms with Crippen LogP contribution in [0.25, 0.3) is 0 Å². The van der Waals surface area contributed by atoms with Gasteiger partial charge in [0.25, 0.3) is 0 Å². The first-order valence-electron chi connectivity index (χ1n) is 10.7. The highest BCUT2D eigenvalue weighted by molar-refractivity contribution is 7.12. The van der Waals surface area contributed by atoms with E-state index in [9.17, 15) is 27.6 Å². The van der Waals surface area contributed by atoms with Gasteiger partial charge in [0.1, 0.15) is 5.78 Å². The molecule has 0 spiro atoms. The van der Waals surface area contributed by atoms with E-state index in [1.807, 2.05) is 12.1 Å². The molecule has 0 radical (unpaired) electrons. The second-order valence-electron chi connectivity index (χ2n) is 8.00. The van der Waals surface area contributed by atoms with Crippen LogP contribution in [0, 0.1) is 0 Å². The predicted molar refractivity (Wildman–Crippen MR) is 128 cm³/mol. The minimum Gasteiger partial charge on any atom is -0.475 e. The number of primary amides is 1. The number of carboxylic acids is 1. The average molecular weight is 548 g/mol. The van der Waals surface area contributed by atoms with E-state index in [4.69, 9.17) is 27.2 Å². The fourth-order valence-electron chi connectivity index (χ4n) is 3.58. The van der Waals surface area contributed by atoms with Gasteiger partial charge in [0.15, 0.2) is 0 Å². The second-order valence-corrected chi connectivity index (χ2v) is 9.62. The quantitative estimate of drug-likeness (QED) is 0.466. The van der Waals surface area contributed by atoms with Gasteiger partial charge in [-0.3, -0.25) is 19.3 Å². The van der Waals surface area contributed by atoms with Crippen LogP contribution in [-0.2, 0) is 40.2 Å². The van der Waals surface area contributed by atoms with Crippen LogP contribution in [-0.4, -0.2) is 59.4 Å². The van der Waals surface area contributed by atoms with Crippen molar-refractivity contribution >= 4 is 46.5 Å². The van der Waals surface area contributed by atoms with Gasteiger partial charge in [-0.05, 0) is 29.7 Å². The number of carbonyl (C=O) groups excluding carboxylic acids is 3. The number of benzene rings is 1. The zero-order chi connectivity index (χ0) is 27.0. The summed E-state index contributed by atoms with van der Waals surface area (Å²) in [6.45, 7) is 4.33. The molecule has 2 amide bonds. The largest absolute Gasteiger partial charge is 0.490 e. The molecule has 0 fully saturated rings. The first-order chi connectivity index (χ1) is 16.8. The van der Waals surface area contributed by atoms with E-state index in [1.165, 1.54) is 18.3 Å². The molecule has 0 bridgehead atoms. The van der Waals surface area contributed by atoms with E-state index in [0.29, 0.717) is 30.1 Å². The molecule has 1 aromatic carbocycles. The Balaban J connectivity index is 0.000000572. The first-order valence-corrected chi connectivity index (χ1v) is 11.9. The molecule has 2 aromatic rings. The normalized spacial score (nSPS) is 13.2. The molecule has 196 valence electrons. The Labute approximate surface area is 214 Å². The molecule has 2 heterocycles. The van der Waals surface area contributed by atoms with Crippen molar-refractivity contribution < 1.29 is 37.5 Å². The number of ketones is 1. The number of Topliss-reactive ketones (excluding diaryl/α,β-unsaturated/α-hetero) is 1. The Morgan fingerprint density at radius 3 is 2.31 bits per heavy atom. The highest BCUT2D eigenvalue weighted by Crippen LogP contribution is 2.33. The predicted octanol–water partition coefficient (Wildman–Crippen LogP) is 2.98. The fourth-order valence-corrected chi connectivity index (χ4v) is 5.13. The van der Waals surface area contributed by atoms with Crippen LogP contribution in [0.5, 0.6) is 0 Å². The van der Waals surface area contributed by atoms with Crippen molar-refractivity contribution in [3.8, 4) is 0 Å². The number of amides is 2. The van der Waals surface area contributed by atoms with Crippen molar-refractivity contribution in [1.29, 1.82) is 0 Å². The number of fused-ring (bicyclic) bond motifs is 1. The molecule has 4 N–H and O–H groups in total. The zero-order valence-corrected chi connectivity index (χ0v) is 20.9. The van der Waals surface area contributed by atoms with E-state index in [-0.39, 0.29) is 18.1 Å². The Morgan fingerprint density at radius 2 is 1.78 bits per heavy atom. The standard InChI is InChI=1S/C21H24ClN3O3S.C2HF3O2/c1-13(26)24-7-9-25-8-6-17-19(12-25)29-18(20(17)21(23)28)11-16(27)10-14-2-4-15(22)5-3-14;3-2(4,5)1(6)7/h2-5H,6-12H2,1H3,(H2,23,28)(H,24,26);(H,6,7). The highest BCUT2D eigenvalue weighted by Gasteiger charge is 2.38. The molecule has 1 aromatic heterocycles. The maximum Gasteiger partial charge on any atom is 0.490 e.